The first kappa shape index (κ1) is 16.2. The summed E-state index contributed by atoms with van der Waals surface area (Å²) in [5, 5.41) is 0. The van der Waals surface area contributed by atoms with Crippen LogP contribution in [0.3, 0.4) is 0 Å². The van der Waals surface area contributed by atoms with E-state index < -0.39 is 0 Å². The first-order valence-electron chi connectivity index (χ1n) is 7.12. The Kier molecular flexibility index (Phi) is 10.6. The van der Waals surface area contributed by atoms with Gasteiger partial charge in [-0.15, -0.1) is 12.4 Å². The molecule has 0 bridgehead atoms. The normalized spacial score (nSPS) is 21.8. The van der Waals surface area contributed by atoms with Crippen LogP contribution in [0.4, 0.5) is 0 Å². The lowest BCUT2D eigenvalue weighted by molar-refractivity contribution is 0.137. The molecule has 0 spiro atoms. The van der Waals surface area contributed by atoms with Gasteiger partial charge in [-0.3, -0.25) is 0 Å². The zero-order chi connectivity index (χ0) is 10.9. The molecule has 1 fully saturated rings. The summed E-state index contributed by atoms with van der Waals surface area (Å²) in [6.07, 6.45) is 12.8. The molecule has 0 aromatic heterocycles. The lowest BCUT2D eigenvalue weighted by Gasteiger charge is -2.35. The SMILES string of the molecule is CCCCCCN1CCCCC1CCC.Cl. The fourth-order valence-corrected chi connectivity index (χ4v) is 2.76. The molecule has 98 valence electrons. The number of hydrogen-bond acceptors (Lipinski definition) is 1. The zero-order valence-electron chi connectivity index (χ0n) is 11.2. The molecule has 0 radical (unpaired) electrons. The molecule has 1 nitrogen and oxygen atoms in total. The molecule has 0 saturated carbocycles. The summed E-state index contributed by atoms with van der Waals surface area (Å²) in [6.45, 7) is 7.35. The second kappa shape index (κ2) is 10.4. The molecule has 1 rings (SSSR count). The molecule has 1 aliphatic heterocycles. The zero-order valence-corrected chi connectivity index (χ0v) is 12.0. The van der Waals surface area contributed by atoms with Gasteiger partial charge in [0.2, 0.25) is 0 Å². The molecule has 0 N–H and O–H groups in total. The van der Waals surface area contributed by atoms with Gasteiger partial charge < -0.3 is 4.90 Å². The van der Waals surface area contributed by atoms with Gasteiger partial charge in [0, 0.05) is 6.04 Å². The van der Waals surface area contributed by atoms with Gasteiger partial charge in [-0.05, 0) is 38.8 Å². The van der Waals surface area contributed by atoms with Crippen molar-refractivity contribution in [2.45, 2.75) is 77.7 Å². The van der Waals surface area contributed by atoms with Crippen molar-refractivity contribution in [3.8, 4) is 0 Å². The monoisotopic (exact) mass is 247 g/mol. The fraction of sp³-hybridized carbons (Fsp3) is 1.00. The molecule has 16 heavy (non-hydrogen) atoms. The van der Waals surface area contributed by atoms with E-state index in [2.05, 4.69) is 18.7 Å². The largest absolute Gasteiger partial charge is 0.300 e. The highest BCUT2D eigenvalue weighted by molar-refractivity contribution is 5.85. The van der Waals surface area contributed by atoms with Gasteiger partial charge in [0.25, 0.3) is 0 Å². The van der Waals surface area contributed by atoms with Crippen LogP contribution in [0.2, 0.25) is 0 Å². The topological polar surface area (TPSA) is 3.24 Å². The summed E-state index contributed by atoms with van der Waals surface area (Å²) >= 11 is 0. The third kappa shape index (κ3) is 6.10. The van der Waals surface area contributed by atoms with Crippen molar-refractivity contribution in [1.82, 2.24) is 4.90 Å². The van der Waals surface area contributed by atoms with Crippen LogP contribution in [0, 0.1) is 0 Å². The average molecular weight is 248 g/mol. The molecule has 1 unspecified atom stereocenters. The summed E-state index contributed by atoms with van der Waals surface area (Å²) in [5.41, 5.74) is 0. The summed E-state index contributed by atoms with van der Waals surface area (Å²) in [6, 6.07) is 0.922. The molecule has 0 aromatic rings. The number of halogens is 1. The minimum atomic E-state index is 0. The van der Waals surface area contributed by atoms with Crippen molar-refractivity contribution in [3.05, 3.63) is 0 Å². The smallest absolute Gasteiger partial charge is 0.00951 e. The van der Waals surface area contributed by atoms with Crippen LogP contribution < -0.4 is 0 Å². The van der Waals surface area contributed by atoms with Crippen LogP contribution in [0.1, 0.15) is 71.6 Å². The van der Waals surface area contributed by atoms with Crippen molar-refractivity contribution in [1.29, 1.82) is 0 Å². The lowest BCUT2D eigenvalue weighted by Crippen LogP contribution is -2.39. The van der Waals surface area contributed by atoms with Gasteiger partial charge in [0.05, 0.1) is 0 Å². The number of piperidine rings is 1. The number of likely N-dealkylation sites (tertiary alicyclic amines) is 1. The second-order valence-electron chi connectivity index (χ2n) is 5.03. The molecule has 0 aliphatic carbocycles. The quantitative estimate of drug-likeness (QED) is 0.593. The predicted octanol–water partition coefficient (Wildman–Crippen LogP) is 4.64. The molecule has 2 heteroatoms. The van der Waals surface area contributed by atoms with Gasteiger partial charge in [-0.25, -0.2) is 0 Å². The molecule has 0 aromatic carbocycles. The number of hydrogen-bond donors (Lipinski definition) is 0. The Labute approximate surface area is 108 Å². The Hall–Kier alpha value is 0.250. The molecular formula is C14H30ClN. The average Bonchev–Trinajstić information content (AvgIpc) is 2.27. The molecule has 1 aliphatic rings. The molecule has 0 amide bonds. The minimum absolute atomic E-state index is 0. The molecule has 1 saturated heterocycles. The van der Waals surface area contributed by atoms with Crippen LogP contribution in [-0.2, 0) is 0 Å². The van der Waals surface area contributed by atoms with Crippen molar-refractivity contribution in [2.75, 3.05) is 13.1 Å². The summed E-state index contributed by atoms with van der Waals surface area (Å²) in [4.78, 5) is 2.77. The maximum Gasteiger partial charge on any atom is 0.00951 e. The second-order valence-corrected chi connectivity index (χ2v) is 5.03. The van der Waals surface area contributed by atoms with E-state index in [4.69, 9.17) is 0 Å². The maximum atomic E-state index is 2.77. The summed E-state index contributed by atoms with van der Waals surface area (Å²) in [7, 11) is 0. The van der Waals surface area contributed by atoms with Crippen LogP contribution in [0.15, 0.2) is 0 Å². The Bertz CT molecular complexity index is 148. The van der Waals surface area contributed by atoms with Crippen molar-refractivity contribution >= 4 is 12.4 Å². The van der Waals surface area contributed by atoms with E-state index in [9.17, 15) is 0 Å². The van der Waals surface area contributed by atoms with Crippen LogP contribution in [0.5, 0.6) is 0 Å². The highest BCUT2D eigenvalue weighted by Crippen LogP contribution is 2.21. The Morgan fingerprint density at radius 2 is 1.81 bits per heavy atom. The van der Waals surface area contributed by atoms with Gasteiger partial charge in [0.1, 0.15) is 0 Å². The van der Waals surface area contributed by atoms with Crippen LogP contribution in [-0.4, -0.2) is 24.0 Å². The van der Waals surface area contributed by atoms with E-state index in [1.807, 2.05) is 0 Å². The molecular weight excluding hydrogens is 218 g/mol. The van der Waals surface area contributed by atoms with E-state index in [1.54, 1.807) is 0 Å². The Morgan fingerprint density at radius 3 is 2.50 bits per heavy atom. The number of nitrogens with zero attached hydrogens (tertiary/aromatic N) is 1. The van der Waals surface area contributed by atoms with Crippen molar-refractivity contribution in [2.24, 2.45) is 0 Å². The van der Waals surface area contributed by atoms with E-state index in [0.717, 1.165) is 6.04 Å². The third-order valence-corrected chi connectivity index (χ3v) is 3.67. The highest BCUT2D eigenvalue weighted by Gasteiger charge is 2.20. The van der Waals surface area contributed by atoms with Gasteiger partial charge >= 0.3 is 0 Å². The highest BCUT2D eigenvalue weighted by atomic mass is 35.5. The van der Waals surface area contributed by atoms with Gasteiger partial charge in [-0.2, -0.15) is 0 Å². The van der Waals surface area contributed by atoms with E-state index >= 15 is 0 Å². The summed E-state index contributed by atoms with van der Waals surface area (Å²) < 4.78 is 0. The Balaban J connectivity index is 0.00000225. The lowest BCUT2D eigenvalue weighted by atomic mass is 9.98. The van der Waals surface area contributed by atoms with Crippen molar-refractivity contribution in [3.63, 3.8) is 0 Å². The minimum Gasteiger partial charge on any atom is -0.300 e. The maximum absolute atomic E-state index is 2.77. The first-order valence-corrected chi connectivity index (χ1v) is 7.12. The molecule has 1 atom stereocenters. The van der Waals surface area contributed by atoms with Gasteiger partial charge in [0.15, 0.2) is 0 Å². The number of rotatable bonds is 7. The van der Waals surface area contributed by atoms with E-state index in [1.165, 1.54) is 70.9 Å². The standard InChI is InChI=1S/C14H29N.ClH/c1-3-5-6-8-12-15-13-9-7-11-14(15)10-4-2;/h14H,3-13H2,1-2H3;1H. The Morgan fingerprint density at radius 1 is 1.00 bits per heavy atom. The van der Waals surface area contributed by atoms with Crippen LogP contribution in [0.25, 0.3) is 0 Å². The third-order valence-electron chi connectivity index (χ3n) is 3.67. The van der Waals surface area contributed by atoms with Gasteiger partial charge in [-0.1, -0.05) is 46.0 Å². The first-order chi connectivity index (χ1) is 7.38. The van der Waals surface area contributed by atoms with Crippen molar-refractivity contribution < 1.29 is 0 Å². The van der Waals surface area contributed by atoms with Crippen LogP contribution >= 0.6 is 12.4 Å². The van der Waals surface area contributed by atoms with E-state index in [0.29, 0.717) is 0 Å². The predicted molar refractivity (Wildman–Crippen MR) is 75.5 cm³/mol. The summed E-state index contributed by atoms with van der Waals surface area (Å²) in [5.74, 6) is 0. The number of unbranched alkanes of at least 4 members (excludes halogenated alkanes) is 3. The molecule has 1 heterocycles. The fourth-order valence-electron chi connectivity index (χ4n) is 2.76. The van der Waals surface area contributed by atoms with E-state index in [-0.39, 0.29) is 12.4 Å².